The first-order valence-corrected chi connectivity index (χ1v) is 6.17. The Hall–Kier alpha value is -1.95. The molecule has 0 bridgehead atoms. The zero-order valence-corrected chi connectivity index (χ0v) is 10.9. The van der Waals surface area contributed by atoms with Crippen LogP contribution in [0.4, 0.5) is 0 Å². The van der Waals surface area contributed by atoms with Crippen molar-refractivity contribution in [3.63, 3.8) is 0 Å². The van der Waals surface area contributed by atoms with Crippen molar-refractivity contribution in [2.24, 2.45) is 0 Å². The number of benzene rings is 1. The Morgan fingerprint density at radius 2 is 2.17 bits per heavy atom. The van der Waals surface area contributed by atoms with Gasteiger partial charge in [0.25, 0.3) is 5.56 Å². The lowest BCUT2D eigenvalue weighted by Gasteiger charge is -2.02. The third-order valence-electron chi connectivity index (χ3n) is 2.58. The van der Waals surface area contributed by atoms with E-state index in [4.69, 9.17) is 0 Å². The predicted molar refractivity (Wildman–Crippen MR) is 71.4 cm³/mol. The number of nitrogens with zero attached hydrogens (tertiary/aromatic N) is 3. The van der Waals surface area contributed by atoms with Crippen LogP contribution in [0.2, 0.25) is 0 Å². The third-order valence-corrected chi connectivity index (χ3v) is 2.98. The standard InChI is InChI=1S/C12H9BrN4O/c13-8-5-14-17(6-8)7-11-15-10-4-2-1-3-9(10)12(18)16-11/h1-6H,7H2,(H,15,16,18). The van der Waals surface area contributed by atoms with E-state index in [1.165, 1.54) is 0 Å². The molecule has 0 atom stereocenters. The number of hydrogen-bond acceptors (Lipinski definition) is 3. The van der Waals surface area contributed by atoms with E-state index in [0.29, 0.717) is 23.3 Å². The third kappa shape index (κ3) is 2.06. The molecule has 3 aromatic rings. The second-order valence-corrected chi connectivity index (χ2v) is 4.80. The van der Waals surface area contributed by atoms with Gasteiger partial charge in [-0.15, -0.1) is 0 Å². The van der Waals surface area contributed by atoms with E-state index >= 15 is 0 Å². The van der Waals surface area contributed by atoms with Gasteiger partial charge in [0, 0.05) is 6.20 Å². The average Bonchev–Trinajstić information content (AvgIpc) is 2.75. The normalized spacial score (nSPS) is 10.9. The maximum atomic E-state index is 11.9. The molecule has 1 N–H and O–H groups in total. The van der Waals surface area contributed by atoms with E-state index < -0.39 is 0 Å². The predicted octanol–water partition coefficient (Wildman–Crippen LogP) is 1.93. The van der Waals surface area contributed by atoms with Gasteiger partial charge in [0.15, 0.2) is 0 Å². The van der Waals surface area contributed by atoms with Crippen LogP contribution in [-0.4, -0.2) is 19.7 Å². The minimum absolute atomic E-state index is 0.123. The van der Waals surface area contributed by atoms with E-state index in [1.54, 1.807) is 16.9 Å². The molecule has 2 heterocycles. The number of hydrogen-bond donors (Lipinski definition) is 1. The van der Waals surface area contributed by atoms with E-state index in [9.17, 15) is 4.79 Å². The summed E-state index contributed by atoms with van der Waals surface area (Å²) in [5.74, 6) is 0.592. The Kier molecular flexibility index (Phi) is 2.71. The molecular formula is C12H9BrN4O. The molecule has 0 spiro atoms. The molecule has 0 aliphatic rings. The molecule has 0 radical (unpaired) electrons. The van der Waals surface area contributed by atoms with Crippen molar-refractivity contribution < 1.29 is 0 Å². The lowest BCUT2D eigenvalue weighted by atomic mass is 10.2. The van der Waals surface area contributed by atoms with Crippen molar-refractivity contribution >= 4 is 26.8 Å². The molecule has 1 aromatic carbocycles. The quantitative estimate of drug-likeness (QED) is 0.787. The molecule has 0 unspecified atom stereocenters. The van der Waals surface area contributed by atoms with Gasteiger partial charge in [-0.3, -0.25) is 9.48 Å². The summed E-state index contributed by atoms with van der Waals surface area (Å²) in [4.78, 5) is 19.0. The first-order chi connectivity index (χ1) is 8.72. The molecule has 0 aliphatic carbocycles. The van der Waals surface area contributed by atoms with E-state index in [-0.39, 0.29) is 5.56 Å². The van der Waals surface area contributed by atoms with Gasteiger partial charge in [-0.1, -0.05) is 12.1 Å². The summed E-state index contributed by atoms with van der Waals surface area (Å²) in [6.45, 7) is 0.436. The van der Waals surface area contributed by atoms with E-state index in [0.717, 1.165) is 4.47 Å². The van der Waals surface area contributed by atoms with Gasteiger partial charge in [-0.25, -0.2) is 4.98 Å². The van der Waals surface area contributed by atoms with Crippen molar-refractivity contribution in [1.82, 2.24) is 19.7 Å². The van der Waals surface area contributed by atoms with Crippen LogP contribution in [0.15, 0.2) is 45.9 Å². The van der Waals surface area contributed by atoms with E-state index in [2.05, 4.69) is 31.0 Å². The van der Waals surface area contributed by atoms with Crippen LogP contribution in [0.3, 0.4) is 0 Å². The minimum atomic E-state index is -0.123. The van der Waals surface area contributed by atoms with Gasteiger partial charge >= 0.3 is 0 Å². The Morgan fingerprint density at radius 1 is 1.33 bits per heavy atom. The fourth-order valence-electron chi connectivity index (χ4n) is 1.79. The van der Waals surface area contributed by atoms with Crippen molar-refractivity contribution in [2.75, 3.05) is 0 Å². The summed E-state index contributed by atoms with van der Waals surface area (Å²) >= 11 is 3.32. The molecular weight excluding hydrogens is 296 g/mol. The summed E-state index contributed by atoms with van der Waals surface area (Å²) in [6.07, 6.45) is 3.52. The Labute approximate surface area is 111 Å². The Bertz CT molecular complexity index is 762. The van der Waals surface area contributed by atoms with Gasteiger partial charge in [-0.05, 0) is 28.1 Å². The SMILES string of the molecule is O=c1[nH]c(Cn2cc(Br)cn2)nc2ccccc12. The highest BCUT2D eigenvalue weighted by Crippen LogP contribution is 2.09. The summed E-state index contributed by atoms with van der Waals surface area (Å²) in [6, 6.07) is 7.27. The number of rotatable bonds is 2. The Morgan fingerprint density at radius 3 is 2.94 bits per heavy atom. The number of para-hydroxylation sites is 1. The monoisotopic (exact) mass is 304 g/mol. The number of nitrogens with one attached hydrogen (secondary N) is 1. The van der Waals surface area contributed by atoms with Gasteiger partial charge in [0.05, 0.1) is 28.1 Å². The van der Waals surface area contributed by atoms with Crippen molar-refractivity contribution in [1.29, 1.82) is 0 Å². The van der Waals surface area contributed by atoms with Gasteiger partial charge in [0.1, 0.15) is 5.82 Å². The lowest BCUT2D eigenvalue weighted by molar-refractivity contribution is 0.655. The molecule has 0 amide bonds. The van der Waals surface area contributed by atoms with E-state index in [1.807, 2.05) is 24.4 Å². The van der Waals surface area contributed by atoms with Crippen LogP contribution in [0.1, 0.15) is 5.82 Å². The Balaban J connectivity index is 2.05. The molecule has 5 nitrogen and oxygen atoms in total. The number of halogens is 1. The van der Waals surface area contributed by atoms with Gasteiger partial charge < -0.3 is 4.98 Å². The second kappa shape index (κ2) is 4.38. The molecule has 2 aromatic heterocycles. The van der Waals surface area contributed by atoms with Gasteiger partial charge in [0.2, 0.25) is 0 Å². The van der Waals surface area contributed by atoms with Crippen LogP contribution in [0, 0.1) is 0 Å². The fraction of sp³-hybridized carbons (Fsp3) is 0.0833. The highest BCUT2D eigenvalue weighted by molar-refractivity contribution is 9.10. The maximum absolute atomic E-state index is 11.9. The van der Waals surface area contributed by atoms with Crippen LogP contribution >= 0.6 is 15.9 Å². The van der Waals surface area contributed by atoms with Crippen LogP contribution in [0.5, 0.6) is 0 Å². The molecule has 0 aliphatic heterocycles. The smallest absolute Gasteiger partial charge is 0.258 e. The van der Waals surface area contributed by atoms with Crippen LogP contribution in [0.25, 0.3) is 10.9 Å². The van der Waals surface area contributed by atoms with Crippen molar-refractivity contribution in [2.45, 2.75) is 6.54 Å². The summed E-state index contributed by atoms with van der Waals surface area (Å²) in [5.41, 5.74) is 0.573. The number of aromatic nitrogens is 4. The van der Waals surface area contributed by atoms with Crippen LogP contribution < -0.4 is 5.56 Å². The maximum Gasteiger partial charge on any atom is 0.258 e. The molecule has 18 heavy (non-hydrogen) atoms. The fourth-order valence-corrected chi connectivity index (χ4v) is 2.12. The number of fused-ring (bicyclic) bond motifs is 1. The zero-order valence-electron chi connectivity index (χ0n) is 9.30. The molecule has 6 heteroatoms. The summed E-state index contributed by atoms with van der Waals surface area (Å²) in [7, 11) is 0. The average molecular weight is 305 g/mol. The second-order valence-electron chi connectivity index (χ2n) is 3.89. The van der Waals surface area contributed by atoms with Crippen molar-refractivity contribution in [3.8, 4) is 0 Å². The highest BCUT2D eigenvalue weighted by atomic mass is 79.9. The molecule has 0 saturated carbocycles. The largest absolute Gasteiger partial charge is 0.308 e. The molecule has 3 rings (SSSR count). The molecule has 90 valence electrons. The summed E-state index contributed by atoms with van der Waals surface area (Å²) < 4.78 is 2.60. The highest BCUT2D eigenvalue weighted by Gasteiger charge is 2.04. The van der Waals surface area contributed by atoms with Gasteiger partial charge in [-0.2, -0.15) is 5.10 Å². The minimum Gasteiger partial charge on any atom is -0.308 e. The topological polar surface area (TPSA) is 63.6 Å². The lowest BCUT2D eigenvalue weighted by Crippen LogP contribution is -2.14. The zero-order chi connectivity index (χ0) is 12.5. The number of H-pyrrole nitrogens is 1. The molecule has 0 fully saturated rings. The molecule has 0 saturated heterocycles. The summed E-state index contributed by atoms with van der Waals surface area (Å²) in [5, 5.41) is 4.73. The first-order valence-electron chi connectivity index (χ1n) is 5.38. The number of aromatic amines is 1. The first kappa shape index (κ1) is 11.2. The van der Waals surface area contributed by atoms with Crippen LogP contribution in [-0.2, 0) is 6.54 Å². The van der Waals surface area contributed by atoms with Crippen molar-refractivity contribution in [3.05, 3.63) is 57.3 Å².